The zero-order chi connectivity index (χ0) is 18.8. The van der Waals surface area contributed by atoms with Gasteiger partial charge in [-0.25, -0.2) is 4.98 Å². The van der Waals surface area contributed by atoms with Crippen LogP contribution in [0.4, 0.5) is 0 Å². The van der Waals surface area contributed by atoms with Crippen LogP contribution in [0.25, 0.3) is 11.0 Å². The van der Waals surface area contributed by atoms with E-state index < -0.39 is 0 Å². The molecule has 3 aromatic rings. The highest BCUT2D eigenvalue weighted by molar-refractivity contribution is 5.79. The third-order valence-electron chi connectivity index (χ3n) is 4.97. The highest BCUT2D eigenvalue weighted by Gasteiger charge is 2.32. The second-order valence-electron chi connectivity index (χ2n) is 6.83. The number of hydrogen-bond donors (Lipinski definition) is 1. The van der Waals surface area contributed by atoms with E-state index in [4.69, 9.17) is 9.47 Å². The van der Waals surface area contributed by atoms with Gasteiger partial charge in [0.05, 0.1) is 24.2 Å². The summed E-state index contributed by atoms with van der Waals surface area (Å²) < 4.78 is 11.1. The van der Waals surface area contributed by atoms with Gasteiger partial charge < -0.3 is 19.4 Å². The maximum atomic E-state index is 12.8. The molecule has 27 heavy (non-hydrogen) atoms. The lowest BCUT2D eigenvalue weighted by molar-refractivity contribution is -0.134. The molecule has 0 saturated carbocycles. The van der Waals surface area contributed by atoms with Gasteiger partial charge in [0.25, 0.3) is 5.91 Å². The fraction of sp³-hybridized carbons (Fsp3) is 0.333. The summed E-state index contributed by atoms with van der Waals surface area (Å²) in [6, 6.07) is 13.6. The summed E-state index contributed by atoms with van der Waals surface area (Å²) in [6.07, 6.45) is 1.86. The normalized spacial score (nSPS) is 16.7. The number of aromatic nitrogens is 2. The lowest BCUT2D eigenvalue weighted by Gasteiger charge is -2.23. The number of methoxy groups -OCH3 is 1. The molecule has 1 N–H and O–H groups in total. The molecule has 1 saturated heterocycles. The molecule has 1 fully saturated rings. The summed E-state index contributed by atoms with van der Waals surface area (Å²) in [6.45, 7) is 2.69. The lowest BCUT2D eigenvalue weighted by atomic mass is 10.2. The molecule has 4 rings (SSSR count). The SMILES string of the molecule is COc1cc(C)ccc1OCC(=O)N1CCCC1c1nc2ccccc2[nH]1. The van der Waals surface area contributed by atoms with Crippen molar-refractivity contribution in [1.82, 2.24) is 14.9 Å². The Hall–Kier alpha value is -3.02. The minimum atomic E-state index is -0.0411. The van der Waals surface area contributed by atoms with Gasteiger partial charge >= 0.3 is 0 Å². The van der Waals surface area contributed by atoms with E-state index >= 15 is 0 Å². The zero-order valence-corrected chi connectivity index (χ0v) is 15.6. The van der Waals surface area contributed by atoms with Gasteiger partial charge in [0.2, 0.25) is 0 Å². The van der Waals surface area contributed by atoms with Crippen molar-refractivity contribution in [3.8, 4) is 11.5 Å². The average molecular weight is 365 g/mol. The van der Waals surface area contributed by atoms with Gasteiger partial charge in [-0.3, -0.25) is 4.79 Å². The monoisotopic (exact) mass is 365 g/mol. The first-order valence-electron chi connectivity index (χ1n) is 9.17. The zero-order valence-electron chi connectivity index (χ0n) is 15.6. The van der Waals surface area contributed by atoms with Gasteiger partial charge in [-0.05, 0) is 49.6 Å². The number of para-hydroxylation sites is 2. The first-order chi connectivity index (χ1) is 13.2. The Balaban J connectivity index is 1.48. The average Bonchev–Trinajstić information content (AvgIpc) is 3.33. The second kappa shape index (κ2) is 7.31. The van der Waals surface area contributed by atoms with E-state index in [1.165, 1.54) is 0 Å². The fourth-order valence-corrected chi connectivity index (χ4v) is 3.60. The molecule has 6 nitrogen and oxygen atoms in total. The van der Waals surface area contributed by atoms with E-state index in [2.05, 4.69) is 9.97 Å². The first-order valence-corrected chi connectivity index (χ1v) is 9.17. The molecule has 0 spiro atoms. The van der Waals surface area contributed by atoms with Gasteiger partial charge in [-0.1, -0.05) is 18.2 Å². The number of hydrogen-bond acceptors (Lipinski definition) is 4. The molecule has 1 amide bonds. The molecular weight excluding hydrogens is 342 g/mol. The molecular formula is C21H23N3O3. The number of aromatic amines is 1. The summed E-state index contributed by atoms with van der Waals surface area (Å²) in [7, 11) is 1.60. The van der Waals surface area contributed by atoms with Crippen LogP contribution < -0.4 is 9.47 Å². The number of benzene rings is 2. The molecule has 2 aromatic carbocycles. The summed E-state index contributed by atoms with van der Waals surface area (Å²) in [5, 5.41) is 0. The van der Waals surface area contributed by atoms with Gasteiger partial charge in [0, 0.05) is 6.54 Å². The molecule has 0 aliphatic carbocycles. The fourth-order valence-electron chi connectivity index (χ4n) is 3.60. The van der Waals surface area contributed by atoms with Crippen LogP contribution in [0.2, 0.25) is 0 Å². The minimum Gasteiger partial charge on any atom is -0.493 e. The van der Waals surface area contributed by atoms with Crippen molar-refractivity contribution in [1.29, 1.82) is 0 Å². The number of fused-ring (bicyclic) bond motifs is 1. The summed E-state index contributed by atoms with van der Waals surface area (Å²) >= 11 is 0. The van der Waals surface area contributed by atoms with Crippen molar-refractivity contribution in [3.63, 3.8) is 0 Å². The van der Waals surface area contributed by atoms with Crippen LogP contribution in [0.1, 0.15) is 30.3 Å². The summed E-state index contributed by atoms with van der Waals surface area (Å²) in [5.41, 5.74) is 3.00. The molecule has 1 atom stereocenters. The molecule has 0 radical (unpaired) electrons. The van der Waals surface area contributed by atoms with Gasteiger partial charge in [-0.2, -0.15) is 0 Å². The van der Waals surface area contributed by atoms with Crippen molar-refractivity contribution in [3.05, 3.63) is 53.9 Å². The number of likely N-dealkylation sites (tertiary alicyclic amines) is 1. The van der Waals surface area contributed by atoms with Crippen LogP contribution in [0.15, 0.2) is 42.5 Å². The molecule has 2 heterocycles. The Bertz CT molecular complexity index is 933. The van der Waals surface area contributed by atoms with E-state index in [0.717, 1.165) is 41.8 Å². The number of H-pyrrole nitrogens is 1. The van der Waals surface area contributed by atoms with Crippen LogP contribution in [0.5, 0.6) is 11.5 Å². The van der Waals surface area contributed by atoms with Crippen LogP contribution in [0.3, 0.4) is 0 Å². The maximum absolute atomic E-state index is 12.8. The Kier molecular flexibility index (Phi) is 4.71. The number of rotatable bonds is 5. The predicted molar refractivity (Wildman–Crippen MR) is 103 cm³/mol. The van der Waals surface area contributed by atoms with Crippen molar-refractivity contribution in [2.75, 3.05) is 20.3 Å². The molecule has 0 bridgehead atoms. The minimum absolute atomic E-state index is 0.0177. The van der Waals surface area contributed by atoms with Crippen molar-refractivity contribution >= 4 is 16.9 Å². The second-order valence-corrected chi connectivity index (χ2v) is 6.83. The number of carbonyl (C=O) groups excluding carboxylic acids is 1. The van der Waals surface area contributed by atoms with Crippen LogP contribution in [-0.2, 0) is 4.79 Å². The number of nitrogens with one attached hydrogen (secondary N) is 1. The Labute approximate surface area is 158 Å². The molecule has 1 unspecified atom stereocenters. The first kappa shape index (κ1) is 17.4. The van der Waals surface area contributed by atoms with Crippen LogP contribution >= 0.6 is 0 Å². The number of ether oxygens (including phenoxy) is 2. The van der Waals surface area contributed by atoms with E-state index in [-0.39, 0.29) is 18.6 Å². The topological polar surface area (TPSA) is 67.5 Å². The van der Waals surface area contributed by atoms with E-state index in [0.29, 0.717) is 11.5 Å². The van der Waals surface area contributed by atoms with Gasteiger partial charge in [0.15, 0.2) is 18.1 Å². The van der Waals surface area contributed by atoms with E-state index in [9.17, 15) is 4.79 Å². The van der Waals surface area contributed by atoms with Crippen LogP contribution in [-0.4, -0.2) is 41.0 Å². The molecule has 140 valence electrons. The molecule has 1 aliphatic heterocycles. The molecule has 6 heteroatoms. The van der Waals surface area contributed by atoms with E-state index in [1.54, 1.807) is 7.11 Å². The number of carbonyl (C=O) groups is 1. The third-order valence-corrected chi connectivity index (χ3v) is 4.97. The van der Waals surface area contributed by atoms with Crippen LogP contribution in [0, 0.1) is 6.92 Å². The third kappa shape index (κ3) is 3.47. The lowest BCUT2D eigenvalue weighted by Crippen LogP contribution is -2.34. The predicted octanol–water partition coefficient (Wildman–Crippen LogP) is 3.62. The van der Waals surface area contributed by atoms with Crippen molar-refractivity contribution < 1.29 is 14.3 Å². The molecule has 1 aromatic heterocycles. The smallest absolute Gasteiger partial charge is 0.261 e. The quantitative estimate of drug-likeness (QED) is 0.750. The highest BCUT2D eigenvalue weighted by Crippen LogP contribution is 2.32. The molecule has 1 aliphatic rings. The number of aryl methyl sites for hydroxylation is 1. The highest BCUT2D eigenvalue weighted by atomic mass is 16.5. The Morgan fingerprint density at radius 1 is 1.26 bits per heavy atom. The van der Waals surface area contributed by atoms with Gasteiger partial charge in [-0.15, -0.1) is 0 Å². The van der Waals surface area contributed by atoms with Gasteiger partial charge in [0.1, 0.15) is 5.82 Å². The summed E-state index contributed by atoms with van der Waals surface area (Å²) in [5.74, 6) is 2.02. The number of nitrogens with zero attached hydrogens (tertiary/aromatic N) is 2. The summed E-state index contributed by atoms with van der Waals surface area (Å²) in [4.78, 5) is 22.7. The number of amides is 1. The maximum Gasteiger partial charge on any atom is 0.261 e. The van der Waals surface area contributed by atoms with Crippen molar-refractivity contribution in [2.24, 2.45) is 0 Å². The Morgan fingerprint density at radius 3 is 2.93 bits per heavy atom. The standard InChI is InChI=1S/C21H23N3O3/c1-14-9-10-18(19(12-14)26-2)27-13-20(25)24-11-5-8-17(24)21-22-15-6-3-4-7-16(15)23-21/h3-4,6-7,9-10,12,17H,5,8,11,13H2,1-2H3,(H,22,23). The largest absolute Gasteiger partial charge is 0.493 e. The number of imidazole rings is 1. The Morgan fingerprint density at radius 2 is 2.11 bits per heavy atom. The van der Waals surface area contributed by atoms with E-state index in [1.807, 2.05) is 54.3 Å². The van der Waals surface area contributed by atoms with Crippen molar-refractivity contribution in [2.45, 2.75) is 25.8 Å².